The molecule has 0 N–H and O–H groups in total. The predicted molar refractivity (Wildman–Crippen MR) is 150 cm³/mol. The fourth-order valence-corrected chi connectivity index (χ4v) is 8.88. The highest BCUT2D eigenvalue weighted by Crippen LogP contribution is 2.68. The molecular weight excluding hydrogens is 500 g/mol. The number of hydrogen-bond donors (Lipinski definition) is 0. The number of benzene rings is 4. The van der Waals surface area contributed by atoms with Gasteiger partial charge in [-0.25, -0.2) is 9.80 Å². The van der Waals surface area contributed by atoms with Crippen molar-refractivity contribution in [1.29, 1.82) is 0 Å². The molecule has 2 aliphatic heterocycles. The Bertz CT molecular complexity index is 1810. The molecule has 8 atom stereocenters. The van der Waals surface area contributed by atoms with E-state index >= 15 is 0 Å². The summed E-state index contributed by atoms with van der Waals surface area (Å²) in [6, 6.07) is 26.9. The van der Waals surface area contributed by atoms with Crippen LogP contribution in [0.1, 0.15) is 0 Å². The van der Waals surface area contributed by atoms with Gasteiger partial charge in [0.2, 0.25) is 23.6 Å². The SMILES string of the molecule is O=C1[C@@H]2[C@H]3C=C[C@@H]([C@@H]2C(=O)N1c1cccc2ccccc12)[C@@H]1[C@@H]2C(=O)N(c4cccc5ccccc45)C(=O)[C@H]2[C@@H]31. The van der Waals surface area contributed by atoms with Gasteiger partial charge in [-0.15, -0.1) is 0 Å². The van der Waals surface area contributed by atoms with Crippen molar-refractivity contribution in [3.63, 3.8) is 0 Å². The third-order valence-electron chi connectivity index (χ3n) is 10.4. The average Bonchev–Trinajstić information content (AvgIpc) is 3.36. The number of imide groups is 2. The van der Waals surface area contributed by atoms with Gasteiger partial charge in [0.05, 0.1) is 35.0 Å². The van der Waals surface area contributed by atoms with Gasteiger partial charge in [0.1, 0.15) is 0 Å². The summed E-state index contributed by atoms with van der Waals surface area (Å²) in [6.45, 7) is 0. The maximum Gasteiger partial charge on any atom is 0.238 e. The van der Waals surface area contributed by atoms with Crippen LogP contribution in [0.5, 0.6) is 0 Å². The molecule has 4 aliphatic carbocycles. The van der Waals surface area contributed by atoms with Gasteiger partial charge < -0.3 is 0 Å². The molecule has 6 heteroatoms. The lowest BCUT2D eigenvalue weighted by molar-refractivity contribution is -0.166. The summed E-state index contributed by atoms with van der Waals surface area (Å²) in [5, 5.41) is 3.67. The zero-order chi connectivity index (χ0) is 26.9. The Balaban J connectivity index is 1.11. The van der Waals surface area contributed by atoms with Gasteiger partial charge in [0, 0.05) is 10.8 Å². The van der Waals surface area contributed by atoms with E-state index in [1.54, 1.807) is 0 Å². The van der Waals surface area contributed by atoms with Crippen molar-refractivity contribution in [2.24, 2.45) is 47.3 Å². The summed E-state index contributed by atoms with van der Waals surface area (Å²) in [6.07, 6.45) is 4.11. The summed E-state index contributed by atoms with van der Waals surface area (Å²) in [4.78, 5) is 58.7. The highest BCUT2D eigenvalue weighted by atomic mass is 16.2. The fourth-order valence-electron chi connectivity index (χ4n) is 8.88. The van der Waals surface area contributed by atoms with E-state index in [1.807, 2.05) is 84.9 Å². The van der Waals surface area contributed by atoms with Crippen LogP contribution in [0.4, 0.5) is 11.4 Å². The normalized spacial score (nSPS) is 33.5. The van der Waals surface area contributed by atoms with E-state index in [2.05, 4.69) is 12.2 Å². The fraction of sp³-hybridized carbons (Fsp3) is 0.235. The number of rotatable bonds is 2. The van der Waals surface area contributed by atoms with Crippen molar-refractivity contribution in [2.75, 3.05) is 9.80 Å². The van der Waals surface area contributed by atoms with Crippen molar-refractivity contribution in [1.82, 2.24) is 0 Å². The standard InChI is InChI=1S/C34H24N2O4/c37-31-27-21-15-16-22(28(27)32(38)35(31)23-13-5-9-17-7-1-3-11-19(17)23)26-25(21)29-30(26)34(40)36(33(29)39)24-14-6-10-18-8-2-4-12-20(18)24/h1-16,21-22,25-30H/t21-,22+,25-,26-,27+,28-,29-,30-/m0/s1. The molecule has 6 nitrogen and oxygen atoms in total. The second-order valence-electron chi connectivity index (χ2n) is 11.8. The first-order chi connectivity index (χ1) is 19.6. The van der Waals surface area contributed by atoms with Crippen LogP contribution in [0.15, 0.2) is 97.1 Å². The minimum atomic E-state index is -0.502. The van der Waals surface area contributed by atoms with E-state index in [0.29, 0.717) is 11.4 Å². The van der Waals surface area contributed by atoms with E-state index < -0.39 is 23.7 Å². The third kappa shape index (κ3) is 2.50. The number of fused-ring (bicyclic) bond motifs is 3. The molecule has 2 bridgehead atoms. The Labute approximate surface area is 229 Å². The van der Waals surface area contributed by atoms with E-state index in [9.17, 15) is 19.2 Å². The molecule has 0 spiro atoms. The molecule has 2 saturated heterocycles. The Kier molecular flexibility index (Phi) is 4.19. The van der Waals surface area contributed by atoms with Crippen LogP contribution in [0, 0.1) is 47.3 Å². The number of nitrogens with zero attached hydrogens (tertiary/aromatic N) is 2. The molecule has 4 aromatic rings. The maximum atomic E-state index is 14.0. The van der Waals surface area contributed by atoms with Crippen LogP contribution in [0.2, 0.25) is 0 Å². The molecule has 0 radical (unpaired) electrons. The first-order valence-corrected chi connectivity index (χ1v) is 14.0. The van der Waals surface area contributed by atoms with Crippen LogP contribution in [0.25, 0.3) is 21.5 Å². The van der Waals surface area contributed by atoms with E-state index in [4.69, 9.17) is 0 Å². The molecule has 0 aromatic heterocycles. The number of carbonyl (C=O) groups is 4. The largest absolute Gasteiger partial charge is 0.274 e. The second kappa shape index (κ2) is 7.54. The van der Waals surface area contributed by atoms with Crippen molar-refractivity contribution in [3.05, 3.63) is 97.1 Å². The maximum absolute atomic E-state index is 14.0. The number of anilines is 2. The third-order valence-corrected chi connectivity index (χ3v) is 10.4. The van der Waals surface area contributed by atoms with Crippen LogP contribution >= 0.6 is 0 Å². The lowest BCUT2D eigenvalue weighted by Crippen LogP contribution is -2.63. The average molecular weight is 525 g/mol. The van der Waals surface area contributed by atoms with Crippen LogP contribution in [-0.2, 0) is 19.2 Å². The van der Waals surface area contributed by atoms with Crippen molar-refractivity contribution in [2.45, 2.75) is 0 Å². The second-order valence-corrected chi connectivity index (χ2v) is 11.8. The number of allylic oxidation sites excluding steroid dienone is 2. The first-order valence-electron chi connectivity index (χ1n) is 14.0. The Morgan fingerprint density at radius 3 is 1.25 bits per heavy atom. The number of amides is 4. The Morgan fingerprint density at radius 2 is 0.800 bits per heavy atom. The lowest BCUT2D eigenvalue weighted by Gasteiger charge is -2.60. The van der Waals surface area contributed by atoms with Gasteiger partial charge >= 0.3 is 0 Å². The Morgan fingerprint density at radius 1 is 0.425 bits per heavy atom. The minimum absolute atomic E-state index is 0.109. The molecule has 10 rings (SSSR count). The topological polar surface area (TPSA) is 74.8 Å². The van der Waals surface area contributed by atoms with Crippen molar-refractivity contribution in [3.8, 4) is 0 Å². The number of hydrogen-bond acceptors (Lipinski definition) is 4. The van der Waals surface area contributed by atoms with Gasteiger partial charge in [0.15, 0.2) is 0 Å². The molecular formula is C34H24N2O4. The van der Waals surface area contributed by atoms with E-state index in [0.717, 1.165) is 21.5 Å². The molecule has 40 heavy (non-hydrogen) atoms. The van der Waals surface area contributed by atoms with Gasteiger partial charge in [-0.05, 0) is 46.6 Å². The van der Waals surface area contributed by atoms with Crippen LogP contribution in [0.3, 0.4) is 0 Å². The van der Waals surface area contributed by atoms with Gasteiger partial charge in [-0.1, -0.05) is 84.9 Å². The zero-order valence-electron chi connectivity index (χ0n) is 21.4. The molecule has 194 valence electrons. The first kappa shape index (κ1) is 22.3. The predicted octanol–water partition coefficient (Wildman–Crippen LogP) is 4.97. The minimum Gasteiger partial charge on any atom is -0.274 e. The molecule has 4 fully saturated rings. The monoisotopic (exact) mass is 524 g/mol. The van der Waals surface area contributed by atoms with Crippen molar-refractivity contribution >= 4 is 56.5 Å². The smallest absolute Gasteiger partial charge is 0.238 e. The van der Waals surface area contributed by atoms with Gasteiger partial charge in [0.25, 0.3) is 0 Å². The van der Waals surface area contributed by atoms with Crippen molar-refractivity contribution < 1.29 is 19.2 Å². The van der Waals surface area contributed by atoms with Crippen LogP contribution < -0.4 is 9.80 Å². The molecule has 0 unspecified atom stereocenters. The summed E-state index contributed by atoms with van der Waals surface area (Å²) in [5.41, 5.74) is 1.23. The summed E-state index contributed by atoms with van der Waals surface area (Å²) in [5.74, 6) is -3.32. The summed E-state index contributed by atoms with van der Waals surface area (Å²) < 4.78 is 0. The lowest BCUT2D eigenvalue weighted by atomic mass is 9.40. The molecule has 4 amide bonds. The van der Waals surface area contributed by atoms with Crippen LogP contribution in [-0.4, -0.2) is 23.6 Å². The molecule has 2 saturated carbocycles. The summed E-state index contributed by atoms with van der Waals surface area (Å²) in [7, 11) is 0. The van der Waals surface area contributed by atoms with E-state index in [1.165, 1.54) is 9.80 Å². The Hall–Kier alpha value is -4.58. The highest BCUT2D eigenvalue weighted by Gasteiger charge is 2.75. The summed E-state index contributed by atoms with van der Waals surface area (Å²) >= 11 is 0. The molecule has 6 aliphatic rings. The van der Waals surface area contributed by atoms with Gasteiger partial charge in [-0.2, -0.15) is 0 Å². The number of carbonyl (C=O) groups excluding carboxylic acids is 4. The molecule has 2 heterocycles. The zero-order valence-corrected chi connectivity index (χ0v) is 21.4. The molecule has 4 aromatic carbocycles. The van der Waals surface area contributed by atoms with E-state index in [-0.39, 0.29) is 47.3 Å². The van der Waals surface area contributed by atoms with Gasteiger partial charge in [-0.3, -0.25) is 19.2 Å². The highest BCUT2D eigenvalue weighted by molar-refractivity contribution is 6.27. The quantitative estimate of drug-likeness (QED) is 0.274.